The van der Waals surface area contributed by atoms with Gasteiger partial charge < -0.3 is 10.1 Å². The number of hydrogen-bond donors (Lipinski definition) is 1. The van der Waals surface area contributed by atoms with Gasteiger partial charge in [-0.3, -0.25) is 9.59 Å². The Labute approximate surface area is 197 Å². The topological polar surface area (TPSA) is 68.3 Å². The van der Waals surface area contributed by atoms with Crippen LogP contribution in [0.15, 0.2) is 85.1 Å². The zero-order valence-corrected chi connectivity index (χ0v) is 19.1. The van der Waals surface area contributed by atoms with Crippen LogP contribution in [-0.4, -0.2) is 24.0 Å². The van der Waals surface area contributed by atoms with Gasteiger partial charge in [0, 0.05) is 23.9 Å². The Morgan fingerprint density at radius 3 is 2.24 bits per heavy atom. The van der Waals surface area contributed by atoms with Crippen molar-refractivity contribution < 1.29 is 14.3 Å². The van der Waals surface area contributed by atoms with Crippen LogP contribution in [0.3, 0.4) is 0 Å². The zero-order chi connectivity index (χ0) is 23.0. The van der Waals surface area contributed by atoms with Crippen molar-refractivity contribution in [3.63, 3.8) is 0 Å². The molecule has 0 radical (unpaired) electrons. The van der Waals surface area contributed by atoms with Crippen molar-refractivity contribution in [2.24, 2.45) is 0 Å². The largest absolute Gasteiger partial charge is 0.469 e. The molecule has 0 bridgehead atoms. The first-order valence-corrected chi connectivity index (χ1v) is 11.5. The number of benzene rings is 3. The Bertz CT molecular complexity index is 1220. The second-order valence-electron chi connectivity index (χ2n) is 7.52. The Morgan fingerprint density at radius 2 is 1.55 bits per heavy atom. The van der Waals surface area contributed by atoms with Crippen LogP contribution in [0.4, 0.5) is 5.69 Å². The minimum atomic E-state index is -0.201. The van der Waals surface area contributed by atoms with Crippen LogP contribution < -0.4 is 5.32 Å². The third-order valence-corrected chi connectivity index (χ3v) is 6.34. The first-order chi connectivity index (χ1) is 16.1. The lowest BCUT2D eigenvalue weighted by atomic mass is 10.1. The van der Waals surface area contributed by atoms with Gasteiger partial charge in [0.05, 0.1) is 17.0 Å². The summed E-state index contributed by atoms with van der Waals surface area (Å²) in [7, 11) is 1.40. The molecule has 166 valence electrons. The van der Waals surface area contributed by atoms with Gasteiger partial charge in [0.1, 0.15) is 0 Å². The third kappa shape index (κ3) is 5.93. The molecule has 0 unspecified atom stereocenters. The second-order valence-corrected chi connectivity index (χ2v) is 8.64. The van der Waals surface area contributed by atoms with E-state index < -0.39 is 0 Å². The number of ether oxygens (including phenoxy) is 1. The number of methoxy groups -OCH3 is 1. The van der Waals surface area contributed by atoms with Gasteiger partial charge in [0.15, 0.2) is 0 Å². The summed E-state index contributed by atoms with van der Waals surface area (Å²) in [6.07, 6.45) is 3.68. The van der Waals surface area contributed by atoms with Crippen LogP contribution in [0.25, 0.3) is 21.6 Å². The molecule has 0 aliphatic heterocycles. The molecule has 0 fully saturated rings. The highest BCUT2D eigenvalue weighted by atomic mass is 32.1. The minimum Gasteiger partial charge on any atom is -0.469 e. The van der Waals surface area contributed by atoms with Crippen molar-refractivity contribution >= 4 is 28.9 Å². The van der Waals surface area contributed by atoms with Crippen LogP contribution in [0.1, 0.15) is 28.2 Å². The lowest BCUT2D eigenvalue weighted by molar-refractivity contribution is -0.140. The van der Waals surface area contributed by atoms with Crippen molar-refractivity contribution in [2.75, 3.05) is 12.4 Å². The van der Waals surface area contributed by atoms with Gasteiger partial charge in [-0.2, -0.15) is 0 Å². The Balaban J connectivity index is 1.35. The van der Waals surface area contributed by atoms with E-state index in [1.54, 1.807) is 11.3 Å². The van der Waals surface area contributed by atoms with E-state index in [0.717, 1.165) is 38.7 Å². The number of anilines is 1. The molecule has 1 heterocycles. The number of amides is 1. The third-order valence-electron chi connectivity index (χ3n) is 5.23. The van der Waals surface area contributed by atoms with Crippen LogP contribution in [-0.2, 0) is 16.0 Å². The molecule has 0 saturated carbocycles. The standard InChI is InChI=1S/C27H24N2O3S/c1-32-26(30)9-5-8-25-28-18-24(33-25)21-10-12-22(13-11-21)27(31)29-23-16-14-20(15-17-23)19-6-3-2-4-7-19/h2-4,6-7,10-18H,5,8-9H2,1H3,(H,29,31). The lowest BCUT2D eigenvalue weighted by Gasteiger charge is -2.07. The van der Waals surface area contributed by atoms with Gasteiger partial charge >= 0.3 is 5.97 Å². The molecule has 1 aromatic heterocycles. The normalized spacial score (nSPS) is 10.6. The molecule has 5 nitrogen and oxygen atoms in total. The fourth-order valence-electron chi connectivity index (χ4n) is 3.41. The molecule has 6 heteroatoms. The summed E-state index contributed by atoms with van der Waals surface area (Å²) in [5, 5.41) is 3.93. The van der Waals surface area contributed by atoms with E-state index >= 15 is 0 Å². The van der Waals surface area contributed by atoms with Gasteiger partial charge in [-0.15, -0.1) is 11.3 Å². The first-order valence-electron chi connectivity index (χ1n) is 10.7. The number of nitrogens with one attached hydrogen (secondary N) is 1. The smallest absolute Gasteiger partial charge is 0.305 e. The van der Waals surface area contributed by atoms with Crippen molar-refractivity contribution in [3.8, 4) is 21.6 Å². The first kappa shape index (κ1) is 22.4. The quantitative estimate of drug-likeness (QED) is 0.319. The Kier molecular flexibility index (Phi) is 7.27. The summed E-state index contributed by atoms with van der Waals surface area (Å²) in [5.74, 6) is -0.352. The number of rotatable bonds is 8. The Morgan fingerprint density at radius 1 is 0.879 bits per heavy atom. The summed E-state index contributed by atoms with van der Waals surface area (Å²) < 4.78 is 4.67. The van der Waals surface area contributed by atoms with Crippen LogP contribution in [0, 0.1) is 0 Å². The van der Waals surface area contributed by atoms with Crippen molar-refractivity contribution in [1.29, 1.82) is 0 Å². The number of thiazole rings is 1. The van der Waals surface area contributed by atoms with E-state index in [1.807, 2.05) is 72.9 Å². The highest BCUT2D eigenvalue weighted by Crippen LogP contribution is 2.27. The predicted molar refractivity (Wildman–Crippen MR) is 132 cm³/mol. The van der Waals surface area contributed by atoms with Gasteiger partial charge in [0.25, 0.3) is 5.91 Å². The molecule has 1 N–H and O–H groups in total. The summed E-state index contributed by atoms with van der Waals surface area (Å²) in [6.45, 7) is 0. The average molecular weight is 457 g/mol. The molecule has 3 aromatic carbocycles. The molecule has 0 atom stereocenters. The summed E-state index contributed by atoms with van der Waals surface area (Å²) in [6, 6.07) is 25.4. The molecule has 0 spiro atoms. The highest BCUT2D eigenvalue weighted by molar-refractivity contribution is 7.15. The highest BCUT2D eigenvalue weighted by Gasteiger charge is 2.10. The molecular formula is C27H24N2O3S. The SMILES string of the molecule is COC(=O)CCCc1ncc(-c2ccc(C(=O)Nc3ccc(-c4ccccc4)cc3)cc2)s1. The maximum Gasteiger partial charge on any atom is 0.305 e. The number of carbonyl (C=O) groups is 2. The maximum absolute atomic E-state index is 12.7. The monoisotopic (exact) mass is 456 g/mol. The van der Waals surface area contributed by atoms with Gasteiger partial charge in [0.2, 0.25) is 0 Å². The number of carbonyl (C=O) groups excluding carboxylic acids is 2. The van der Waals surface area contributed by atoms with E-state index in [0.29, 0.717) is 18.4 Å². The average Bonchev–Trinajstić information content (AvgIpc) is 3.34. The van der Waals surface area contributed by atoms with E-state index in [1.165, 1.54) is 7.11 Å². The van der Waals surface area contributed by atoms with Crippen LogP contribution in [0.2, 0.25) is 0 Å². The van der Waals surface area contributed by atoms with E-state index in [2.05, 4.69) is 27.2 Å². The molecule has 0 aliphatic rings. The minimum absolute atomic E-state index is 0.151. The Hall–Kier alpha value is -3.77. The lowest BCUT2D eigenvalue weighted by Crippen LogP contribution is -2.11. The fraction of sp³-hybridized carbons (Fsp3) is 0.148. The zero-order valence-electron chi connectivity index (χ0n) is 18.3. The van der Waals surface area contributed by atoms with E-state index in [4.69, 9.17) is 0 Å². The molecule has 0 saturated heterocycles. The fourth-order valence-corrected chi connectivity index (χ4v) is 4.38. The van der Waals surface area contributed by atoms with Crippen molar-refractivity contribution in [3.05, 3.63) is 95.6 Å². The second kappa shape index (κ2) is 10.7. The summed E-state index contributed by atoms with van der Waals surface area (Å²) in [5.41, 5.74) is 4.60. The van der Waals surface area contributed by atoms with E-state index in [9.17, 15) is 9.59 Å². The number of aryl methyl sites for hydroxylation is 1. The molecule has 4 rings (SSSR count). The summed E-state index contributed by atoms with van der Waals surface area (Å²) in [4.78, 5) is 29.4. The van der Waals surface area contributed by atoms with Crippen LogP contribution >= 0.6 is 11.3 Å². The maximum atomic E-state index is 12.7. The van der Waals surface area contributed by atoms with Gasteiger partial charge in [-0.05, 0) is 53.8 Å². The van der Waals surface area contributed by atoms with E-state index in [-0.39, 0.29) is 11.9 Å². The number of aromatic nitrogens is 1. The molecule has 1 amide bonds. The van der Waals surface area contributed by atoms with Crippen molar-refractivity contribution in [2.45, 2.75) is 19.3 Å². The number of nitrogens with zero attached hydrogens (tertiary/aromatic N) is 1. The predicted octanol–water partition coefficient (Wildman–Crippen LogP) is 6.23. The summed E-state index contributed by atoms with van der Waals surface area (Å²) >= 11 is 1.60. The molecule has 4 aromatic rings. The van der Waals surface area contributed by atoms with Gasteiger partial charge in [-0.1, -0.05) is 54.6 Å². The number of esters is 1. The molecule has 0 aliphatic carbocycles. The number of hydrogen-bond acceptors (Lipinski definition) is 5. The van der Waals surface area contributed by atoms with Gasteiger partial charge in [-0.25, -0.2) is 4.98 Å². The van der Waals surface area contributed by atoms with Crippen LogP contribution in [0.5, 0.6) is 0 Å². The van der Waals surface area contributed by atoms with Crippen molar-refractivity contribution in [1.82, 2.24) is 4.98 Å². The molecule has 33 heavy (non-hydrogen) atoms. The molecular weight excluding hydrogens is 432 g/mol.